The number of carbonyl (C=O) groups is 1. The Labute approximate surface area is 194 Å². The average Bonchev–Trinajstić information content (AvgIpc) is 2.84. The second-order valence-electron chi connectivity index (χ2n) is 7.90. The first-order chi connectivity index (χ1) is 15.9. The second kappa shape index (κ2) is 10.1. The predicted octanol–water partition coefficient (Wildman–Crippen LogP) is 3.74. The fourth-order valence-electron chi connectivity index (χ4n) is 3.71. The van der Waals surface area contributed by atoms with Gasteiger partial charge in [0.1, 0.15) is 0 Å². The molecule has 0 bridgehead atoms. The van der Waals surface area contributed by atoms with E-state index in [4.69, 9.17) is 4.74 Å². The van der Waals surface area contributed by atoms with E-state index in [0.29, 0.717) is 16.9 Å². The Hall–Kier alpha value is -3.36. The van der Waals surface area contributed by atoms with Crippen LogP contribution in [0.2, 0.25) is 0 Å². The molecule has 0 atom stereocenters. The summed E-state index contributed by atoms with van der Waals surface area (Å²) in [4.78, 5) is 14.9. The van der Waals surface area contributed by atoms with Crippen LogP contribution in [-0.2, 0) is 21.3 Å². The molecule has 172 valence electrons. The summed E-state index contributed by atoms with van der Waals surface area (Å²) in [6.45, 7) is 3.37. The van der Waals surface area contributed by atoms with Gasteiger partial charge in [0.2, 0.25) is 10.0 Å². The monoisotopic (exact) mass is 465 g/mol. The van der Waals surface area contributed by atoms with E-state index in [1.54, 1.807) is 24.3 Å². The minimum atomic E-state index is -3.49. The first kappa shape index (κ1) is 22.8. The van der Waals surface area contributed by atoms with Crippen LogP contribution in [-0.4, -0.2) is 46.9 Å². The van der Waals surface area contributed by atoms with Crippen LogP contribution >= 0.6 is 0 Å². The standard InChI is InChI=1S/C25H27N3O4S/c1-33(30,31)28(19-20-5-3-2-4-6-20)24-11-7-21(8-12-24)25(29)26-22-9-13-23(14-10-22)27-15-17-32-18-16-27/h2-14H,15-19H2,1H3,(H,26,29). The number of nitrogens with zero attached hydrogens (tertiary/aromatic N) is 2. The molecule has 1 fully saturated rings. The van der Waals surface area contributed by atoms with Gasteiger partial charge in [-0.05, 0) is 54.1 Å². The Bertz CT molecular complexity index is 1170. The van der Waals surface area contributed by atoms with Gasteiger partial charge < -0.3 is 15.0 Å². The summed E-state index contributed by atoms with van der Waals surface area (Å²) < 4.78 is 31.5. The minimum Gasteiger partial charge on any atom is -0.378 e. The zero-order chi connectivity index (χ0) is 23.3. The van der Waals surface area contributed by atoms with Crippen molar-refractivity contribution in [2.45, 2.75) is 6.54 Å². The first-order valence-electron chi connectivity index (χ1n) is 10.8. The van der Waals surface area contributed by atoms with Gasteiger partial charge in [0.15, 0.2) is 0 Å². The van der Waals surface area contributed by atoms with Gasteiger partial charge in [-0.15, -0.1) is 0 Å². The van der Waals surface area contributed by atoms with E-state index in [0.717, 1.165) is 37.6 Å². The molecule has 8 heteroatoms. The number of hydrogen-bond donors (Lipinski definition) is 1. The van der Waals surface area contributed by atoms with E-state index in [9.17, 15) is 13.2 Å². The largest absolute Gasteiger partial charge is 0.378 e. The lowest BCUT2D eigenvalue weighted by Crippen LogP contribution is -2.36. The number of ether oxygens (including phenoxy) is 1. The van der Waals surface area contributed by atoms with Crippen LogP contribution in [0, 0.1) is 0 Å². The zero-order valence-electron chi connectivity index (χ0n) is 18.5. The van der Waals surface area contributed by atoms with Gasteiger partial charge in [-0.1, -0.05) is 30.3 Å². The third kappa shape index (κ3) is 5.91. The smallest absolute Gasteiger partial charge is 0.255 e. The van der Waals surface area contributed by atoms with Gasteiger partial charge in [-0.25, -0.2) is 8.42 Å². The average molecular weight is 466 g/mol. The maximum absolute atomic E-state index is 12.7. The summed E-state index contributed by atoms with van der Waals surface area (Å²) in [5, 5.41) is 2.89. The van der Waals surface area contributed by atoms with Gasteiger partial charge in [-0.2, -0.15) is 0 Å². The number of anilines is 3. The fraction of sp³-hybridized carbons (Fsp3) is 0.240. The number of nitrogens with one attached hydrogen (secondary N) is 1. The lowest BCUT2D eigenvalue weighted by Gasteiger charge is -2.28. The first-order valence-corrected chi connectivity index (χ1v) is 12.6. The molecule has 1 aliphatic heterocycles. The lowest BCUT2D eigenvalue weighted by atomic mass is 10.1. The lowest BCUT2D eigenvalue weighted by molar-refractivity contribution is 0.102. The summed E-state index contributed by atoms with van der Waals surface area (Å²) in [7, 11) is -3.49. The molecule has 0 saturated carbocycles. The van der Waals surface area contributed by atoms with Crippen molar-refractivity contribution in [2.24, 2.45) is 0 Å². The minimum absolute atomic E-state index is 0.223. The molecule has 3 aromatic carbocycles. The molecule has 33 heavy (non-hydrogen) atoms. The molecule has 0 radical (unpaired) electrons. The SMILES string of the molecule is CS(=O)(=O)N(Cc1ccccc1)c1ccc(C(=O)Nc2ccc(N3CCOCC3)cc2)cc1. The maximum Gasteiger partial charge on any atom is 0.255 e. The highest BCUT2D eigenvalue weighted by Crippen LogP contribution is 2.23. The van der Waals surface area contributed by atoms with Crippen LogP contribution in [0.4, 0.5) is 17.1 Å². The van der Waals surface area contributed by atoms with E-state index < -0.39 is 10.0 Å². The van der Waals surface area contributed by atoms with Crippen molar-refractivity contribution in [3.63, 3.8) is 0 Å². The Morgan fingerprint density at radius 3 is 2.18 bits per heavy atom. The molecule has 1 aliphatic rings. The number of hydrogen-bond acceptors (Lipinski definition) is 5. The maximum atomic E-state index is 12.7. The summed E-state index contributed by atoms with van der Waals surface area (Å²) >= 11 is 0. The number of amides is 1. The molecule has 0 aliphatic carbocycles. The molecule has 1 saturated heterocycles. The predicted molar refractivity (Wildman–Crippen MR) is 131 cm³/mol. The molecule has 1 heterocycles. The molecule has 3 aromatic rings. The van der Waals surface area contributed by atoms with Gasteiger partial charge >= 0.3 is 0 Å². The Balaban J connectivity index is 1.43. The summed E-state index contributed by atoms with van der Waals surface area (Å²) in [5.74, 6) is -0.255. The van der Waals surface area contributed by atoms with E-state index in [1.165, 1.54) is 10.6 Å². The quantitative estimate of drug-likeness (QED) is 0.575. The van der Waals surface area contributed by atoms with E-state index in [-0.39, 0.29) is 12.5 Å². The summed E-state index contributed by atoms with van der Waals surface area (Å²) in [5.41, 5.74) is 3.63. The van der Waals surface area contributed by atoms with Crippen molar-refractivity contribution in [3.8, 4) is 0 Å². The molecule has 0 unspecified atom stereocenters. The highest BCUT2D eigenvalue weighted by atomic mass is 32.2. The van der Waals surface area contributed by atoms with Crippen LogP contribution in [0.3, 0.4) is 0 Å². The summed E-state index contributed by atoms with van der Waals surface area (Å²) in [6.07, 6.45) is 1.18. The number of morpholine rings is 1. The van der Waals surface area contributed by atoms with Crippen molar-refractivity contribution >= 4 is 33.0 Å². The van der Waals surface area contributed by atoms with Crippen LogP contribution in [0.25, 0.3) is 0 Å². The normalized spacial score (nSPS) is 14.0. The van der Waals surface area contributed by atoms with Gasteiger partial charge in [0.25, 0.3) is 5.91 Å². The Kier molecular flexibility index (Phi) is 6.96. The number of sulfonamides is 1. The number of rotatable bonds is 7. The zero-order valence-corrected chi connectivity index (χ0v) is 19.3. The molecule has 7 nitrogen and oxygen atoms in total. The van der Waals surface area contributed by atoms with Gasteiger partial charge in [0, 0.05) is 30.0 Å². The highest BCUT2D eigenvalue weighted by Gasteiger charge is 2.18. The Morgan fingerprint density at radius 1 is 0.939 bits per heavy atom. The van der Waals surface area contributed by atoms with E-state index >= 15 is 0 Å². The van der Waals surface area contributed by atoms with Gasteiger partial charge in [0.05, 0.1) is 31.7 Å². The fourth-order valence-corrected chi connectivity index (χ4v) is 4.60. The highest BCUT2D eigenvalue weighted by molar-refractivity contribution is 7.92. The van der Waals surface area contributed by atoms with Crippen molar-refractivity contribution < 1.29 is 17.9 Å². The number of carbonyl (C=O) groups excluding carboxylic acids is 1. The van der Waals surface area contributed by atoms with Crippen molar-refractivity contribution in [1.82, 2.24) is 0 Å². The van der Waals surface area contributed by atoms with Crippen LogP contribution in [0.15, 0.2) is 78.9 Å². The molecule has 1 N–H and O–H groups in total. The molecule has 0 aromatic heterocycles. The second-order valence-corrected chi connectivity index (χ2v) is 9.81. The van der Waals surface area contributed by atoms with Crippen molar-refractivity contribution in [2.75, 3.05) is 47.1 Å². The number of benzene rings is 3. The topological polar surface area (TPSA) is 79.0 Å². The van der Waals surface area contributed by atoms with Crippen LogP contribution in [0.1, 0.15) is 15.9 Å². The molecular weight excluding hydrogens is 438 g/mol. The van der Waals surface area contributed by atoms with Gasteiger partial charge in [-0.3, -0.25) is 9.10 Å². The molecular formula is C25H27N3O4S. The molecule has 1 amide bonds. The van der Waals surface area contributed by atoms with Crippen molar-refractivity contribution in [3.05, 3.63) is 90.0 Å². The summed E-state index contributed by atoms with van der Waals surface area (Å²) in [6, 6.07) is 23.7. The van der Waals surface area contributed by atoms with Crippen LogP contribution < -0.4 is 14.5 Å². The molecule has 4 rings (SSSR count). The van der Waals surface area contributed by atoms with E-state index in [1.807, 2.05) is 54.6 Å². The third-order valence-electron chi connectivity index (χ3n) is 5.49. The van der Waals surface area contributed by atoms with Crippen LogP contribution in [0.5, 0.6) is 0 Å². The Morgan fingerprint density at radius 2 is 1.58 bits per heavy atom. The molecule has 0 spiro atoms. The van der Waals surface area contributed by atoms with Crippen molar-refractivity contribution in [1.29, 1.82) is 0 Å². The third-order valence-corrected chi connectivity index (χ3v) is 6.63. The van der Waals surface area contributed by atoms with E-state index in [2.05, 4.69) is 10.2 Å².